The van der Waals surface area contributed by atoms with Gasteiger partial charge in [0.05, 0.1) is 55.9 Å². The molecule has 3 aromatic heterocycles. The highest BCUT2D eigenvalue weighted by molar-refractivity contribution is 8.00. The largest absolute Gasteiger partial charge is 0.478 e. The van der Waals surface area contributed by atoms with Crippen molar-refractivity contribution < 1.29 is 49.0 Å². The summed E-state index contributed by atoms with van der Waals surface area (Å²) >= 11 is 3.61. The number of aromatic nitrogens is 12. The zero-order valence-corrected chi connectivity index (χ0v) is 44.8. The number of anilines is 1. The SMILES string of the molecule is C[C@H]1Cc2ccccc2N1C(=O)CSc1nnnn1-c1ccc(C(=O)O)cc1.O=C(CCc1ccccc1)CSc1nnnn1-c1ccc(C(=O)O)cc1.O=C(O)c1ccc(-n2nnnc2SCC(=O)c2ccc([N+](=O)[O-])cc2)cc1. The topological polar surface area (TPSA) is 340 Å². The number of nitro benzene ring substituents is 1. The minimum Gasteiger partial charge on any atom is -0.478 e. The number of carbonyl (C=O) groups is 6. The minimum absolute atomic E-state index is 0.00164. The lowest BCUT2D eigenvalue weighted by Gasteiger charge is -2.22. The van der Waals surface area contributed by atoms with E-state index in [1.54, 1.807) is 36.4 Å². The summed E-state index contributed by atoms with van der Waals surface area (Å²) < 4.78 is 4.37. The molecule has 6 aromatic carbocycles. The zero-order valence-electron chi connectivity index (χ0n) is 42.3. The van der Waals surface area contributed by atoms with Crippen molar-refractivity contribution in [1.82, 2.24) is 60.6 Å². The van der Waals surface area contributed by atoms with Crippen molar-refractivity contribution in [2.45, 2.75) is 47.7 Å². The van der Waals surface area contributed by atoms with Crippen molar-refractivity contribution in [2.75, 3.05) is 22.2 Å². The fraction of sp³-hybridized carbons (Fsp3) is 0.151. The van der Waals surface area contributed by atoms with E-state index in [9.17, 15) is 38.9 Å². The van der Waals surface area contributed by atoms with E-state index in [-0.39, 0.29) is 63.2 Å². The van der Waals surface area contributed by atoms with Crippen LogP contribution in [-0.2, 0) is 22.4 Å². The van der Waals surface area contributed by atoms with Crippen molar-refractivity contribution in [1.29, 1.82) is 0 Å². The van der Waals surface area contributed by atoms with Crippen molar-refractivity contribution in [3.63, 3.8) is 0 Å². The van der Waals surface area contributed by atoms with Gasteiger partial charge < -0.3 is 20.2 Å². The molecule has 0 spiro atoms. The molecule has 3 N–H and O–H groups in total. The van der Waals surface area contributed by atoms with E-state index in [4.69, 9.17) is 15.3 Å². The van der Waals surface area contributed by atoms with Gasteiger partial charge >= 0.3 is 17.9 Å². The molecule has 0 fully saturated rings. The molecule has 1 amide bonds. The number of non-ortho nitro benzene ring substituents is 1. The van der Waals surface area contributed by atoms with Crippen LogP contribution in [0.2, 0.25) is 0 Å². The quantitative estimate of drug-likeness (QED) is 0.0291. The molecule has 410 valence electrons. The number of fused-ring (bicyclic) bond motifs is 1. The number of hydrogen-bond acceptors (Lipinski definition) is 20. The maximum Gasteiger partial charge on any atom is 0.335 e. The average Bonchev–Trinajstić information content (AvgIpc) is 4.53. The van der Waals surface area contributed by atoms with Gasteiger partial charge in [-0.1, -0.05) is 83.8 Å². The predicted molar refractivity (Wildman–Crippen MR) is 295 cm³/mol. The Morgan fingerprint density at radius 2 is 0.963 bits per heavy atom. The lowest BCUT2D eigenvalue weighted by molar-refractivity contribution is -0.384. The second-order valence-electron chi connectivity index (χ2n) is 17.2. The number of hydrogen-bond donors (Lipinski definition) is 3. The molecule has 0 saturated heterocycles. The van der Waals surface area contributed by atoms with Crippen LogP contribution in [0.25, 0.3) is 17.1 Å². The van der Waals surface area contributed by atoms with Crippen molar-refractivity contribution >= 4 is 82.0 Å². The monoisotopic (exact) mass is 1150 g/mol. The Morgan fingerprint density at radius 3 is 1.42 bits per heavy atom. The Balaban J connectivity index is 0.000000159. The Bertz CT molecular complexity index is 3700. The van der Waals surface area contributed by atoms with E-state index in [2.05, 4.69) is 46.6 Å². The number of carboxylic acids is 3. The van der Waals surface area contributed by atoms with Gasteiger partial charge in [0.15, 0.2) is 5.78 Å². The summed E-state index contributed by atoms with van der Waals surface area (Å²) in [6.07, 6.45) is 2.02. The first kappa shape index (κ1) is 57.4. The Kier molecular flexibility index (Phi) is 19.3. The lowest BCUT2D eigenvalue weighted by atomic mass is 10.1. The lowest BCUT2D eigenvalue weighted by Crippen LogP contribution is -2.37. The van der Waals surface area contributed by atoms with Crippen LogP contribution in [0.4, 0.5) is 11.4 Å². The number of tetrazole rings is 3. The summed E-state index contributed by atoms with van der Waals surface area (Å²) in [6.45, 7) is 2.04. The van der Waals surface area contributed by atoms with Crippen LogP contribution < -0.4 is 4.90 Å². The van der Waals surface area contributed by atoms with Gasteiger partial charge in [0.1, 0.15) is 5.78 Å². The molecule has 4 heterocycles. The number of Topliss-reactive ketones (excluding diaryl/α,β-unsaturated/α-hetero) is 2. The minimum atomic E-state index is -1.04. The molecular formula is C53H44N14O11S3. The van der Waals surface area contributed by atoms with Crippen molar-refractivity contribution in [2.24, 2.45) is 0 Å². The number of carboxylic acid groups (broad SMARTS) is 3. The molecule has 0 saturated carbocycles. The van der Waals surface area contributed by atoms with Gasteiger partial charge in [-0.2, -0.15) is 14.0 Å². The summed E-state index contributed by atoms with van der Waals surface area (Å²) in [5.74, 6) is -2.63. The Hall–Kier alpha value is -9.80. The number of nitrogens with zero attached hydrogens (tertiary/aromatic N) is 14. The highest BCUT2D eigenvalue weighted by Crippen LogP contribution is 2.33. The average molecular weight is 1150 g/mol. The molecule has 1 atom stereocenters. The number of carbonyl (C=O) groups excluding carboxylic acids is 3. The molecule has 10 rings (SSSR count). The van der Waals surface area contributed by atoms with Gasteiger partial charge in [-0.05, 0) is 153 Å². The molecule has 25 nitrogen and oxygen atoms in total. The van der Waals surface area contributed by atoms with Crippen molar-refractivity contribution in [3.8, 4) is 17.1 Å². The van der Waals surface area contributed by atoms with E-state index in [1.165, 1.54) is 104 Å². The number of amides is 1. The van der Waals surface area contributed by atoms with Gasteiger partial charge in [0.2, 0.25) is 21.4 Å². The summed E-state index contributed by atoms with van der Waals surface area (Å²) in [5, 5.41) is 73.2. The number of benzene rings is 6. The Morgan fingerprint density at radius 1 is 0.543 bits per heavy atom. The van der Waals surface area contributed by atoms with E-state index in [0.717, 1.165) is 29.4 Å². The molecule has 1 aliphatic rings. The van der Waals surface area contributed by atoms with Gasteiger partial charge in [-0.25, -0.2) is 14.4 Å². The third kappa shape index (κ3) is 15.1. The van der Waals surface area contributed by atoms with E-state index >= 15 is 0 Å². The predicted octanol–water partition coefficient (Wildman–Crippen LogP) is 7.33. The third-order valence-corrected chi connectivity index (χ3v) is 14.6. The molecule has 0 unspecified atom stereocenters. The molecule has 0 radical (unpaired) electrons. The summed E-state index contributed by atoms with van der Waals surface area (Å²) in [6, 6.07) is 41.7. The molecule has 9 aromatic rings. The second-order valence-corrected chi connectivity index (χ2v) is 20.1. The molecule has 81 heavy (non-hydrogen) atoms. The third-order valence-electron chi connectivity index (χ3n) is 11.8. The van der Waals surface area contributed by atoms with Gasteiger partial charge in [-0.3, -0.25) is 24.5 Å². The fourth-order valence-electron chi connectivity index (χ4n) is 7.80. The number of thioether (sulfide) groups is 3. The first-order valence-corrected chi connectivity index (χ1v) is 27.1. The van der Waals surface area contributed by atoms with Crippen LogP contribution in [0.5, 0.6) is 0 Å². The summed E-state index contributed by atoms with van der Waals surface area (Å²) in [7, 11) is 0. The van der Waals surface area contributed by atoms with Crippen LogP contribution in [-0.4, -0.2) is 140 Å². The van der Waals surface area contributed by atoms with E-state index < -0.39 is 22.8 Å². The van der Waals surface area contributed by atoms with Crippen LogP contribution in [0.1, 0.15) is 65.9 Å². The maximum atomic E-state index is 12.8. The van der Waals surface area contributed by atoms with Crippen LogP contribution in [0.3, 0.4) is 0 Å². The summed E-state index contributed by atoms with van der Waals surface area (Å²) in [4.78, 5) is 82.0. The molecule has 0 bridgehead atoms. The van der Waals surface area contributed by atoms with Gasteiger partial charge in [0, 0.05) is 35.8 Å². The van der Waals surface area contributed by atoms with Crippen LogP contribution in [0, 0.1) is 10.1 Å². The van der Waals surface area contributed by atoms with Crippen LogP contribution in [0.15, 0.2) is 167 Å². The highest BCUT2D eigenvalue weighted by atomic mass is 32.2. The van der Waals surface area contributed by atoms with E-state index in [1.807, 2.05) is 66.4 Å². The first-order valence-electron chi connectivity index (χ1n) is 24.1. The van der Waals surface area contributed by atoms with Gasteiger partial charge in [-0.15, -0.1) is 15.3 Å². The van der Waals surface area contributed by atoms with Crippen LogP contribution >= 0.6 is 35.3 Å². The number of nitro groups is 1. The first-order chi connectivity index (χ1) is 39.1. The molecule has 0 aliphatic carbocycles. The summed E-state index contributed by atoms with van der Waals surface area (Å²) in [5.41, 5.74) is 5.85. The standard InChI is InChI=1S/C19H17N5O3S.C18H16N4O3S.C16H11N5O5S/c1-12-10-14-4-2-3-5-16(14)23(12)17(25)11-28-19-20-21-22-24(19)15-8-6-13(7-9-15)18(26)27;23-16(11-6-13-4-2-1-3-5-13)12-26-18-19-20-21-22(18)15-9-7-14(8-10-15)17(24)25;22-14(10-1-7-13(8-2-10)21(25)26)9-27-16-17-18-19-20(16)12-5-3-11(4-6-12)15(23)24/h2-9,12H,10-11H2,1H3,(H,26,27);1-5,7-10H,6,11-12H2,(H,24,25);1-8H,9H2,(H,23,24)/t12-;;/m0../s1. The fourth-order valence-corrected chi connectivity index (χ4v) is 10.1. The molecule has 28 heteroatoms. The maximum absolute atomic E-state index is 12.8. The zero-order chi connectivity index (χ0) is 57.4. The molecule has 1 aliphatic heterocycles. The van der Waals surface area contributed by atoms with E-state index in [0.29, 0.717) is 50.9 Å². The number of rotatable bonds is 20. The van der Waals surface area contributed by atoms with Crippen molar-refractivity contribution in [3.05, 3.63) is 195 Å². The normalized spacial score (nSPS) is 12.3. The Labute approximate surface area is 471 Å². The number of aryl methyl sites for hydroxylation is 1. The second kappa shape index (κ2) is 27.2. The number of ketones is 2. The number of para-hydroxylation sites is 1. The van der Waals surface area contributed by atoms with Gasteiger partial charge in [0.25, 0.3) is 5.69 Å². The molecular weight excluding hydrogens is 1100 g/mol. The highest BCUT2D eigenvalue weighted by Gasteiger charge is 2.31. The smallest absolute Gasteiger partial charge is 0.335 e. The number of aromatic carboxylic acids is 3.